The first kappa shape index (κ1) is 14.4. The summed E-state index contributed by atoms with van der Waals surface area (Å²) in [5, 5.41) is 2.86. The van der Waals surface area contributed by atoms with E-state index in [0.717, 1.165) is 5.56 Å². The number of rotatable bonds is 3. The Balaban J connectivity index is 1.58. The molecular formula is C19H15NO4. The Kier molecular flexibility index (Phi) is 3.46. The van der Waals surface area contributed by atoms with Crippen LogP contribution in [-0.4, -0.2) is 12.7 Å². The summed E-state index contributed by atoms with van der Waals surface area (Å²) in [5.41, 5.74) is 2.08. The molecule has 24 heavy (non-hydrogen) atoms. The number of aryl methyl sites for hydroxylation is 1. The number of ether oxygens (including phenoxy) is 2. The van der Waals surface area contributed by atoms with Crippen LogP contribution >= 0.6 is 0 Å². The maximum atomic E-state index is 12.5. The fourth-order valence-corrected chi connectivity index (χ4v) is 2.62. The van der Waals surface area contributed by atoms with Crippen molar-refractivity contribution < 1.29 is 18.7 Å². The van der Waals surface area contributed by atoms with E-state index in [0.29, 0.717) is 34.3 Å². The van der Waals surface area contributed by atoms with E-state index in [-0.39, 0.29) is 12.7 Å². The summed E-state index contributed by atoms with van der Waals surface area (Å²) in [6, 6.07) is 16.7. The minimum Gasteiger partial charge on any atom is -0.461 e. The average molecular weight is 321 g/mol. The van der Waals surface area contributed by atoms with E-state index in [1.807, 2.05) is 30.3 Å². The molecule has 1 amide bonds. The van der Waals surface area contributed by atoms with Gasteiger partial charge in [0.15, 0.2) is 11.5 Å². The van der Waals surface area contributed by atoms with Crippen molar-refractivity contribution in [2.45, 2.75) is 6.92 Å². The molecule has 0 spiro atoms. The number of benzene rings is 2. The lowest BCUT2D eigenvalue weighted by atomic mass is 10.1. The standard InChI is InChI=1S/C19H15NO4/c1-12-15(10-17(24-12)13-5-3-2-4-6-13)19(21)20-14-7-8-16-18(9-14)23-11-22-16/h2-10H,11H2,1H3,(H,20,21). The molecular weight excluding hydrogens is 306 g/mol. The highest BCUT2D eigenvalue weighted by atomic mass is 16.7. The molecule has 2 aromatic carbocycles. The molecule has 1 aromatic heterocycles. The second-order valence-electron chi connectivity index (χ2n) is 5.47. The molecule has 120 valence electrons. The van der Waals surface area contributed by atoms with Gasteiger partial charge in [0.1, 0.15) is 11.5 Å². The molecule has 0 atom stereocenters. The monoisotopic (exact) mass is 321 g/mol. The van der Waals surface area contributed by atoms with E-state index >= 15 is 0 Å². The Morgan fingerprint density at radius 2 is 1.79 bits per heavy atom. The molecule has 1 N–H and O–H groups in total. The van der Waals surface area contributed by atoms with Gasteiger partial charge in [0.05, 0.1) is 5.56 Å². The van der Waals surface area contributed by atoms with Crippen molar-refractivity contribution in [2.75, 3.05) is 12.1 Å². The highest BCUT2D eigenvalue weighted by Gasteiger charge is 2.18. The predicted octanol–water partition coefficient (Wildman–Crippen LogP) is 4.24. The van der Waals surface area contributed by atoms with Gasteiger partial charge in [0, 0.05) is 17.3 Å². The zero-order valence-electron chi connectivity index (χ0n) is 13.0. The highest BCUT2D eigenvalue weighted by Crippen LogP contribution is 2.34. The summed E-state index contributed by atoms with van der Waals surface area (Å²) in [7, 11) is 0. The first-order valence-electron chi connectivity index (χ1n) is 7.57. The number of nitrogens with one attached hydrogen (secondary N) is 1. The lowest BCUT2D eigenvalue weighted by Gasteiger charge is -2.05. The summed E-state index contributed by atoms with van der Waals surface area (Å²) >= 11 is 0. The van der Waals surface area contributed by atoms with E-state index in [9.17, 15) is 4.79 Å². The summed E-state index contributed by atoms with van der Waals surface area (Å²) in [4.78, 5) is 12.5. The summed E-state index contributed by atoms with van der Waals surface area (Å²) in [6.07, 6.45) is 0. The normalized spacial score (nSPS) is 12.2. The van der Waals surface area contributed by atoms with Crippen molar-refractivity contribution in [3.8, 4) is 22.8 Å². The van der Waals surface area contributed by atoms with Crippen LogP contribution in [0, 0.1) is 6.92 Å². The fourth-order valence-electron chi connectivity index (χ4n) is 2.62. The number of anilines is 1. The van der Waals surface area contributed by atoms with Crippen molar-refractivity contribution in [1.82, 2.24) is 0 Å². The van der Waals surface area contributed by atoms with Crippen molar-refractivity contribution >= 4 is 11.6 Å². The Morgan fingerprint density at radius 3 is 2.62 bits per heavy atom. The van der Waals surface area contributed by atoms with Crippen LogP contribution in [0.15, 0.2) is 59.0 Å². The summed E-state index contributed by atoms with van der Waals surface area (Å²) in [6.45, 7) is 1.98. The summed E-state index contributed by atoms with van der Waals surface area (Å²) in [5.74, 6) is 2.33. The third-order valence-corrected chi connectivity index (χ3v) is 3.85. The van der Waals surface area contributed by atoms with Crippen LogP contribution < -0.4 is 14.8 Å². The van der Waals surface area contributed by atoms with Gasteiger partial charge in [0.25, 0.3) is 5.91 Å². The molecule has 1 aliphatic heterocycles. The number of furan rings is 1. The van der Waals surface area contributed by atoms with Gasteiger partial charge in [-0.1, -0.05) is 30.3 Å². The first-order valence-corrected chi connectivity index (χ1v) is 7.57. The maximum Gasteiger partial charge on any atom is 0.259 e. The third kappa shape index (κ3) is 2.60. The van der Waals surface area contributed by atoms with Crippen LogP contribution in [0.2, 0.25) is 0 Å². The number of hydrogen-bond acceptors (Lipinski definition) is 4. The minimum absolute atomic E-state index is 0.202. The van der Waals surface area contributed by atoms with Crippen molar-refractivity contribution in [2.24, 2.45) is 0 Å². The zero-order valence-corrected chi connectivity index (χ0v) is 13.0. The molecule has 0 aliphatic carbocycles. The van der Waals surface area contributed by atoms with Crippen LogP contribution in [0.5, 0.6) is 11.5 Å². The molecule has 0 fully saturated rings. The fraction of sp³-hybridized carbons (Fsp3) is 0.105. The van der Waals surface area contributed by atoms with E-state index in [4.69, 9.17) is 13.9 Å². The van der Waals surface area contributed by atoms with Gasteiger partial charge in [-0.25, -0.2) is 0 Å². The minimum atomic E-state index is -0.225. The number of fused-ring (bicyclic) bond motifs is 1. The van der Waals surface area contributed by atoms with Gasteiger partial charge in [-0.2, -0.15) is 0 Å². The van der Waals surface area contributed by atoms with Gasteiger partial charge >= 0.3 is 0 Å². The highest BCUT2D eigenvalue weighted by molar-refractivity contribution is 6.05. The van der Waals surface area contributed by atoms with Crippen LogP contribution in [0.1, 0.15) is 16.1 Å². The Morgan fingerprint density at radius 1 is 1.00 bits per heavy atom. The Labute approximate surface area is 138 Å². The summed E-state index contributed by atoms with van der Waals surface area (Å²) < 4.78 is 16.3. The molecule has 0 radical (unpaired) electrons. The van der Waals surface area contributed by atoms with Gasteiger partial charge in [-0.15, -0.1) is 0 Å². The smallest absolute Gasteiger partial charge is 0.259 e. The van der Waals surface area contributed by atoms with Gasteiger partial charge < -0.3 is 19.2 Å². The Bertz CT molecular complexity index is 899. The first-order chi connectivity index (χ1) is 11.7. The topological polar surface area (TPSA) is 60.7 Å². The molecule has 0 unspecified atom stereocenters. The second-order valence-corrected chi connectivity index (χ2v) is 5.47. The van der Waals surface area contributed by atoms with E-state index < -0.39 is 0 Å². The molecule has 1 aliphatic rings. The number of amides is 1. The molecule has 2 heterocycles. The molecule has 4 rings (SSSR count). The van der Waals surface area contributed by atoms with Crippen molar-refractivity contribution in [3.63, 3.8) is 0 Å². The number of hydrogen-bond donors (Lipinski definition) is 1. The van der Waals surface area contributed by atoms with E-state index in [1.54, 1.807) is 31.2 Å². The number of carbonyl (C=O) groups excluding carboxylic acids is 1. The van der Waals surface area contributed by atoms with Crippen molar-refractivity contribution in [3.05, 3.63) is 65.9 Å². The van der Waals surface area contributed by atoms with Crippen LogP contribution in [-0.2, 0) is 0 Å². The van der Waals surface area contributed by atoms with Crippen molar-refractivity contribution in [1.29, 1.82) is 0 Å². The SMILES string of the molecule is Cc1oc(-c2ccccc2)cc1C(=O)Nc1ccc2c(c1)OCO2. The zero-order chi connectivity index (χ0) is 16.5. The number of carbonyl (C=O) groups is 1. The third-order valence-electron chi connectivity index (χ3n) is 3.85. The van der Waals surface area contributed by atoms with Crippen LogP contribution in [0.25, 0.3) is 11.3 Å². The predicted molar refractivity (Wildman–Crippen MR) is 89.4 cm³/mol. The molecule has 5 heteroatoms. The quantitative estimate of drug-likeness (QED) is 0.784. The van der Waals surface area contributed by atoms with Gasteiger partial charge in [0.2, 0.25) is 6.79 Å². The lowest BCUT2D eigenvalue weighted by Crippen LogP contribution is -2.11. The Hall–Kier alpha value is -3.21. The second kappa shape index (κ2) is 5.77. The molecule has 5 nitrogen and oxygen atoms in total. The molecule has 0 saturated carbocycles. The molecule has 0 saturated heterocycles. The van der Waals surface area contributed by atoms with E-state index in [2.05, 4.69) is 5.32 Å². The van der Waals surface area contributed by atoms with Gasteiger partial charge in [-0.05, 0) is 25.1 Å². The average Bonchev–Trinajstić information content (AvgIpc) is 3.21. The lowest BCUT2D eigenvalue weighted by molar-refractivity contribution is 0.102. The van der Waals surface area contributed by atoms with Gasteiger partial charge in [-0.3, -0.25) is 4.79 Å². The van der Waals surface area contributed by atoms with E-state index in [1.165, 1.54) is 0 Å². The largest absolute Gasteiger partial charge is 0.461 e. The molecule has 0 bridgehead atoms. The van der Waals surface area contributed by atoms with Crippen LogP contribution in [0.4, 0.5) is 5.69 Å². The van der Waals surface area contributed by atoms with Crippen LogP contribution in [0.3, 0.4) is 0 Å². The molecule has 3 aromatic rings. The maximum absolute atomic E-state index is 12.5.